The fourth-order valence-corrected chi connectivity index (χ4v) is 0.771. The van der Waals surface area contributed by atoms with E-state index in [1.54, 1.807) is 4.74 Å². The van der Waals surface area contributed by atoms with Crippen molar-refractivity contribution in [2.45, 2.75) is 36.4 Å². The molecule has 0 saturated heterocycles. The van der Waals surface area contributed by atoms with E-state index < -0.39 is 42.4 Å². The Balaban J connectivity index is 5.57. The summed E-state index contributed by atoms with van der Waals surface area (Å²) in [6.45, 7) is 0. The maximum absolute atomic E-state index is 12.6. The highest BCUT2D eigenvalue weighted by molar-refractivity contribution is 5.76. The van der Waals surface area contributed by atoms with Crippen LogP contribution in [0.1, 0.15) is 0 Å². The molecule has 0 radical (unpaired) electrons. The van der Waals surface area contributed by atoms with Crippen LogP contribution in [-0.2, 0) is 9.53 Å². The monoisotopic (exact) mass is 362 g/mol. The fraction of sp³-hybridized carbons (Fsp3) is 0.857. The van der Waals surface area contributed by atoms with E-state index in [-0.39, 0.29) is 0 Å². The first-order valence-corrected chi connectivity index (χ1v) is 4.46. The molecular weight excluding hydrogens is 360 g/mol. The lowest BCUT2D eigenvalue weighted by Gasteiger charge is -2.32. The van der Waals surface area contributed by atoms with E-state index in [2.05, 4.69) is 0 Å². The van der Waals surface area contributed by atoms with Gasteiger partial charge in [-0.15, -0.1) is 0 Å². The molecule has 15 heteroatoms. The van der Waals surface area contributed by atoms with Crippen LogP contribution in [0.4, 0.5) is 52.7 Å². The number of hydrogen-bond donors (Lipinski definition) is 1. The molecule has 0 aliphatic carbocycles. The lowest BCUT2D eigenvalue weighted by atomic mass is 10.2. The fourth-order valence-electron chi connectivity index (χ4n) is 0.771. The van der Waals surface area contributed by atoms with Gasteiger partial charge in [0.2, 0.25) is 0 Å². The van der Waals surface area contributed by atoms with Crippen LogP contribution in [0.2, 0.25) is 0 Å². The largest absolute Gasteiger partial charge is 0.477 e. The summed E-state index contributed by atoms with van der Waals surface area (Å²) in [6, 6.07) is 0. The van der Waals surface area contributed by atoms with Crippen LogP contribution >= 0.6 is 0 Å². The van der Waals surface area contributed by atoms with Crippen LogP contribution in [0, 0.1) is 0 Å². The SMILES string of the molecule is O=C(O)C(F)(F)C(F)C(F)(F)OC(F)(F)C(F)(F)C(F)(F)F. The Morgan fingerprint density at radius 3 is 1.50 bits per heavy atom. The first kappa shape index (κ1) is 20.6. The van der Waals surface area contributed by atoms with Crippen molar-refractivity contribution in [1.29, 1.82) is 0 Å². The minimum Gasteiger partial charge on any atom is -0.477 e. The van der Waals surface area contributed by atoms with Crippen LogP contribution in [0.3, 0.4) is 0 Å². The van der Waals surface area contributed by atoms with E-state index in [1.807, 2.05) is 0 Å². The minimum atomic E-state index is -7.30. The third-order valence-corrected chi connectivity index (χ3v) is 1.88. The zero-order valence-corrected chi connectivity index (χ0v) is 9.38. The molecule has 0 aliphatic heterocycles. The van der Waals surface area contributed by atoms with E-state index in [0.717, 1.165) is 0 Å². The molecule has 0 fully saturated rings. The van der Waals surface area contributed by atoms with Crippen LogP contribution in [0.15, 0.2) is 0 Å². The summed E-state index contributed by atoms with van der Waals surface area (Å²) in [6.07, 6.45) is -26.5. The molecule has 1 unspecified atom stereocenters. The molecule has 0 heterocycles. The number of ether oxygens (including phenoxy) is 1. The van der Waals surface area contributed by atoms with Crippen LogP contribution in [0.5, 0.6) is 0 Å². The van der Waals surface area contributed by atoms with Gasteiger partial charge in [0.05, 0.1) is 0 Å². The predicted octanol–water partition coefficient (Wildman–Crippen LogP) is 3.44. The summed E-state index contributed by atoms with van der Waals surface area (Å²) in [4.78, 5) is 9.74. The lowest BCUT2D eigenvalue weighted by Crippen LogP contribution is -2.59. The van der Waals surface area contributed by atoms with E-state index in [4.69, 9.17) is 5.11 Å². The highest BCUT2D eigenvalue weighted by Crippen LogP contribution is 2.50. The first-order valence-electron chi connectivity index (χ1n) is 4.46. The van der Waals surface area contributed by atoms with Gasteiger partial charge in [-0.2, -0.15) is 48.3 Å². The Morgan fingerprint density at radius 1 is 0.864 bits per heavy atom. The highest BCUT2D eigenvalue weighted by Gasteiger charge is 2.78. The van der Waals surface area contributed by atoms with Crippen molar-refractivity contribution in [3.8, 4) is 0 Å². The molecule has 1 atom stereocenters. The zero-order valence-electron chi connectivity index (χ0n) is 9.38. The summed E-state index contributed by atoms with van der Waals surface area (Å²) in [5, 5.41) is 7.67. The van der Waals surface area contributed by atoms with Gasteiger partial charge in [0, 0.05) is 0 Å². The Morgan fingerprint density at radius 2 is 1.23 bits per heavy atom. The van der Waals surface area contributed by atoms with Crippen LogP contribution in [-0.4, -0.2) is 47.5 Å². The number of carbonyl (C=O) groups is 1. The summed E-state index contributed by atoms with van der Waals surface area (Å²) in [7, 11) is 0. The summed E-state index contributed by atoms with van der Waals surface area (Å²) in [5.41, 5.74) is 0. The number of halogens is 12. The van der Waals surface area contributed by atoms with Crippen LogP contribution in [0.25, 0.3) is 0 Å². The Labute approximate surface area is 111 Å². The van der Waals surface area contributed by atoms with Gasteiger partial charge in [0.1, 0.15) is 0 Å². The Hall–Kier alpha value is -1.41. The van der Waals surface area contributed by atoms with Gasteiger partial charge in [-0.25, -0.2) is 13.9 Å². The second-order valence-corrected chi connectivity index (χ2v) is 3.54. The molecule has 0 aromatic carbocycles. The molecule has 22 heavy (non-hydrogen) atoms. The number of aliphatic carboxylic acids is 1. The van der Waals surface area contributed by atoms with Gasteiger partial charge in [-0.1, -0.05) is 0 Å². The van der Waals surface area contributed by atoms with Crippen molar-refractivity contribution in [1.82, 2.24) is 0 Å². The number of hydrogen-bond acceptors (Lipinski definition) is 2. The average Bonchev–Trinajstić information content (AvgIpc) is 2.24. The molecule has 1 N–H and O–H groups in total. The first-order chi connectivity index (χ1) is 9.31. The standard InChI is InChI=1S/C7H2F12O3/c8-1(3(9,10)2(20)21)4(11,12)22-7(18,19)5(13,14)6(15,16)17/h1H,(H,20,21). The average molecular weight is 362 g/mol. The molecule has 0 spiro atoms. The molecule has 0 saturated carbocycles. The maximum Gasteiger partial charge on any atom is 0.462 e. The van der Waals surface area contributed by atoms with Gasteiger partial charge < -0.3 is 5.11 Å². The van der Waals surface area contributed by atoms with Gasteiger partial charge in [-0.3, -0.25) is 0 Å². The van der Waals surface area contributed by atoms with Gasteiger partial charge in [0.25, 0.3) is 6.17 Å². The lowest BCUT2D eigenvalue weighted by molar-refractivity contribution is -0.482. The zero-order chi connectivity index (χ0) is 18.4. The minimum absolute atomic E-state index is 1.56. The van der Waals surface area contributed by atoms with E-state index in [9.17, 15) is 57.5 Å². The number of alkyl halides is 12. The Kier molecular flexibility index (Phi) is 5.00. The van der Waals surface area contributed by atoms with Gasteiger partial charge in [-0.05, 0) is 0 Å². The highest BCUT2D eigenvalue weighted by atomic mass is 19.4. The van der Waals surface area contributed by atoms with Gasteiger partial charge in [0.15, 0.2) is 0 Å². The quantitative estimate of drug-likeness (QED) is 0.737. The molecule has 132 valence electrons. The van der Waals surface area contributed by atoms with Crippen molar-refractivity contribution in [2.24, 2.45) is 0 Å². The van der Waals surface area contributed by atoms with E-state index in [0.29, 0.717) is 0 Å². The molecule has 0 bridgehead atoms. The topological polar surface area (TPSA) is 46.5 Å². The molecule has 0 aliphatic rings. The second-order valence-electron chi connectivity index (χ2n) is 3.54. The predicted molar refractivity (Wildman–Crippen MR) is 39.5 cm³/mol. The van der Waals surface area contributed by atoms with E-state index >= 15 is 0 Å². The number of carboxylic acid groups (broad SMARTS) is 1. The smallest absolute Gasteiger partial charge is 0.462 e. The summed E-state index contributed by atoms with van der Waals surface area (Å²) < 4.78 is 148. The third kappa shape index (κ3) is 3.49. The summed E-state index contributed by atoms with van der Waals surface area (Å²) >= 11 is 0. The Bertz CT molecular complexity index is 427. The van der Waals surface area contributed by atoms with Crippen molar-refractivity contribution in [2.75, 3.05) is 0 Å². The van der Waals surface area contributed by atoms with Crippen molar-refractivity contribution >= 4 is 5.97 Å². The van der Waals surface area contributed by atoms with Crippen LogP contribution < -0.4 is 0 Å². The molecule has 0 aromatic heterocycles. The molecule has 0 aromatic rings. The molecule has 0 amide bonds. The third-order valence-electron chi connectivity index (χ3n) is 1.88. The van der Waals surface area contributed by atoms with Crippen molar-refractivity contribution in [3.05, 3.63) is 0 Å². The number of carboxylic acids is 1. The molecule has 3 nitrogen and oxygen atoms in total. The normalized spacial score (nSPS) is 16.5. The van der Waals surface area contributed by atoms with E-state index in [1.165, 1.54) is 0 Å². The summed E-state index contributed by atoms with van der Waals surface area (Å²) in [5.74, 6) is -17.1. The number of rotatable bonds is 6. The van der Waals surface area contributed by atoms with Gasteiger partial charge >= 0.3 is 36.2 Å². The van der Waals surface area contributed by atoms with Crippen molar-refractivity contribution < 1.29 is 67.3 Å². The van der Waals surface area contributed by atoms with Crippen molar-refractivity contribution in [3.63, 3.8) is 0 Å². The second kappa shape index (κ2) is 5.34. The molecular formula is C7H2F12O3. The maximum atomic E-state index is 12.6. The molecule has 0 rings (SSSR count).